The Hall–Kier alpha value is -5.34. The van der Waals surface area contributed by atoms with Gasteiger partial charge in [-0.05, 0) is 36.4 Å². The van der Waals surface area contributed by atoms with Gasteiger partial charge in [0.1, 0.15) is 12.1 Å². The minimum atomic E-state index is 0.356. The van der Waals surface area contributed by atoms with Crippen LogP contribution in [0.4, 0.5) is 34.6 Å². The van der Waals surface area contributed by atoms with E-state index < -0.39 is 0 Å². The topological polar surface area (TPSA) is 89.7 Å². The van der Waals surface area contributed by atoms with Crippen molar-refractivity contribution in [3.8, 4) is 12.1 Å². The summed E-state index contributed by atoms with van der Waals surface area (Å²) >= 11 is 0. The Morgan fingerprint density at radius 1 is 0.639 bits per heavy atom. The quantitative estimate of drug-likeness (QED) is 0.310. The zero-order valence-corrected chi connectivity index (χ0v) is 19.8. The second-order valence-corrected chi connectivity index (χ2v) is 8.13. The van der Waals surface area contributed by atoms with Gasteiger partial charge in [0, 0.05) is 50.3 Å². The Balaban J connectivity index is 1.82. The molecule has 0 aliphatic rings. The van der Waals surface area contributed by atoms with E-state index in [0.29, 0.717) is 34.4 Å². The Kier molecular flexibility index (Phi) is 5.92. The van der Waals surface area contributed by atoms with Gasteiger partial charge in [0.05, 0.1) is 22.5 Å². The molecule has 8 heteroatoms. The van der Waals surface area contributed by atoms with E-state index >= 15 is 0 Å². The monoisotopic (exact) mass is 470 g/mol. The predicted octanol–water partition coefficient (Wildman–Crippen LogP) is 5.84. The maximum atomic E-state index is 10.1. The van der Waals surface area contributed by atoms with Crippen molar-refractivity contribution in [2.75, 3.05) is 9.80 Å². The van der Waals surface area contributed by atoms with Crippen LogP contribution in [0.15, 0.2) is 97.6 Å². The summed E-state index contributed by atoms with van der Waals surface area (Å²) in [5, 5.41) is 20.3. The molecule has 0 saturated heterocycles. The van der Waals surface area contributed by atoms with E-state index in [2.05, 4.69) is 22.1 Å². The lowest BCUT2D eigenvalue weighted by Gasteiger charge is -2.29. The Bertz CT molecular complexity index is 1470. The zero-order chi connectivity index (χ0) is 25.1. The fourth-order valence-electron chi connectivity index (χ4n) is 4.15. The molecule has 2 heterocycles. The van der Waals surface area contributed by atoms with Gasteiger partial charge in [-0.25, -0.2) is 9.97 Å². The van der Waals surface area contributed by atoms with Crippen LogP contribution in [0.25, 0.3) is 0 Å². The molecule has 2 aromatic heterocycles. The van der Waals surface area contributed by atoms with Gasteiger partial charge in [-0.15, -0.1) is 0 Å². The molecule has 174 valence electrons. The van der Waals surface area contributed by atoms with Gasteiger partial charge in [-0.2, -0.15) is 10.5 Å². The number of para-hydroxylation sites is 2. The van der Waals surface area contributed by atoms with Crippen LogP contribution in [0, 0.1) is 22.7 Å². The third-order valence-electron chi connectivity index (χ3n) is 5.86. The van der Waals surface area contributed by atoms with Crippen LogP contribution < -0.4 is 9.80 Å². The molecule has 0 unspecified atom stereocenters. The molecule has 0 bridgehead atoms. The molecule has 0 spiro atoms. The summed E-state index contributed by atoms with van der Waals surface area (Å²) in [4.78, 5) is 13.0. The van der Waals surface area contributed by atoms with Crippen LogP contribution in [-0.4, -0.2) is 19.1 Å². The minimum absolute atomic E-state index is 0.356. The van der Waals surface area contributed by atoms with Gasteiger partial charge >= 0.3 is 0 Å². The highest BCUT2D eigenvalue weighted by atomic mass is 15.3. The number of nitrogens with zero attached hydrogens (tertiary/aromatic N) is 8. The fraction of sp³-hybridized carbons (Fsp3) is 0.0714. The van der Waals surface area contributed by atoms with Crippen LogP contribution in [0.3, 0.4) is 0 Å². The number of anilines is 6. The van der Waals surface area contributed by atoms with Crippen molar-refractivity contribution >= 4 is 34.6 Å². The number of hydrogen-bond donors (Lipinski definition) is 0. The first-order chi connectivity index (χ1) is 17.6. The van der Waals surface area contributed by atoms with E-state index in [-0.39, 0.29) is 0 Å². The largest absolute Gasteiger partial charge is 0.320 e. The molecule has 0 atom stereocenters. The van der Waals surface area contributed by atoms with E-state index in [9.17, 15) is 10.5 Å². The average molecular weight is 471 g/mol. The number of aryl methyl sites for hydroxylation is 2. The average Bonchev–Trinajstić information content (AvgIpc) is 3.54. The lowest BCUT2D eigenvalue weighted by atomic mass is 10.0. The second-order valence-electron chi connectivity index (χ2n) is 8.13. The van der Waals surface area contributed by atoms with Crippen molar-refractivity contribution in [1.29, 1.82) is 10.5 Å². The Labute approximate surface area is 209 Å². The van der Waals surface area contributed by atoms with Crippen molar-refractivity contribution in [1.82, 2.24) is 19.1 Å². The lowest BCUT2D eigenvalue weighted by Crippen LogP contribution is -2.19. The number of rotatable bonds is 6. The van der Waals surface area contributed by atoms with Crippen LogP contribution in [0.1, 0.15) is 11.1 Å². The van der Waals surface area contributed by atoms with Crippen LogP contribution >= 0.6 is 0 Å². The summed E-state index contributed by atoms with van der Waals surface area (Å²) in [5.41, 5.74) is 3.58. The predicted molar refractivity (Wildman–Crippen MR) is 139 cm³/mol. The molecule has 0 saturated carbocycles. The van der Waals surface area contributed by atoms with E-state index in [0.717, 1.165) is 11.4 Å². The molecule has 36 heavy (non-hydrogen) atoms. The van der Waals surface area contributed by atoms with E-state index in [1.54, 1.807) is 18.5 Å². The van der Waals surface area contributed by atoms with Gasteiger partial charge in [0.2, 0.25) is 11.9 Å². The Morgan fingerprint density at radius 3 is 1.39 bits per heavy atom. The van der Waals surface area contributed by atoms with Gasteiger partial charge in [0.25, 0.3) is 0 Å². The van der Waals surface area contributed by atoms with Crippen LogP contribution in [0.2, 0.25) is 0 Å². The molecule has 3 aromatic carbocycles. The van der Waals surface area contributed by atoms with Gasteiger partial charge in [0.15, 0.2) is 0 Å². The third kappa shape index (κ3) is 3.93. The molecule has 0 radical (unpaired) electrons. The molecule has 0 aliphatic heterocycles. The first kappa shape index (κ1) is 22.5. The van der Waals surface area contributed by atoms with Crippen molar-refractivity contribution in [3.05, 3.63) is 109 Å². The fourth-order valence-corrected chi connectivity index (χ4v) is 4.15. The summed E-state index contributed by atoms with van der Waals surface area (Å²) < 4.78 is 3.78. The molecule has 8 nitrogen and oxygen atoms in total. The van der Waals surface area contributed by atoms with Gasteiger partial charge < -0.3 is 9.13 Å². The Morgan fingerprint density at radius 2 is 1.06 bits per heavy atom. The first-order valence-corrected chi connectivity index (χ1v) is 11.3. The highest BCUT2D eigenvalue weighted by Crippen LogP contribution is 2.42. The van der Waals surface area contributed by atoms with E-state index in [1.807, 2.05) is 112 Å². The molecule has 0 aliphatic carbocycles. The second kappa shape index (κ2) is 9.49. The summed E-state index contributed by atoms with van der Waals surface area (Å²) in [6, 6.07) is 27.5. The molecule has 0 N–H and O–H groups in total. The van der Waals surface area contributed by atoms with Crippen LogP contribution in [-0.2, 0) is 14.1 Å². The van der Waals surface area contributed by atoms with Crippen molar-refractivity contribution in [3.63, 3.8) is 0 Å². The molecular formula is C28H22N8. The molecular weight excluding hydrogens is 448 g/mol. The number of nitriles is 2. The highest BCUT2D eigenvalue weighted by molar-refractivity contribution is 5.86. The lowest BCUT2D eigenvalue weighted by molar-refractivity contribution is 0.892. The minimum Gasteiger partial charge on any atom is -0.320 e. The SMILES string of the molecule is Cn1ccnc1N(c1ccccc1)c1cc(N(c2ccccc2)c2nccn2C)c(C#N)cc1C#N. The summed E-state index contributed by atoms with van der Waals surface area (Å²) in [5.74, 6) is 1.27. The van der Waals surface area contributed by atoms with Crippen molar-refractivity contribution in [2.24, 2.45) is 14.1 Å². The maximum absolute atomic E-state index is 10.1. The number of aromatic nitrogens is 4. The first-order valence-electron chi connectivity index (χ1n) is 11.3. The number of benzene rings is 3. The summed E-state index contributed by atoms with van der Waals surface area (Å²) in [6.45, 7) is 0. The zero-order valence-electron chi connectivity index (χ0n) is 19.8. The molecule has 5 aromatic rings. The van der Waals surface area contributed by atoms with E-state index in [4.69, 9.17) is 0 Å². The highest BCUT2D eigenvalue weighted by Gasteiger charge is 2.26. The standard InChI is InChI=1S/C28H22N8/c1-33-15-13-31-27(33)35(23-9-5-3-6-10-23)25-18-26(22(20-30)17-21(25)19-29)36(24-11-7-4-8-12-24)28-32-14-16-34(28)2/h3-18H,1-2H3. The van der Waals surface area contributed by atoms with Crippen LogP contribution in [0.5, 0.6) is 0 Å². The summed E-state index contributed by atoms with van der Waals surface area (Å²) in [7, 11) is 3.80. The summed E-state index contributed by atoms with van der Waals surface area (Å²) in [6.07, 6.45) is 7.14. The van der Waals surface area contributed by atoms with Gasteiger partial charge in [-0.3, -0.25) is 9.80 Å². The third-order valence-corrected chi connectivity index (χ3v) is 5.86. The maximum Gasteiger partial charge on any atom is 0.214 e. The molecule has 0 amide bonds. The smallest absolute Gasteiger partial charge is 0.214 e. The molecule has 0 fully saturated rings. The van der Waals surface area contributed by atoms with Crippen molar-refractivity contribution < 1.29 is 0 Å². The van der Waals surface area contributed by atoms with Crippen molar-refractivity contribution in [2.45, 2.75) is 0 Å². The molecule has 5 rings (SSSR count). The van der Waals surface area contributed by atoms with Gasteiger partial charge in [-0.1, -0.05) is 36.4 Å². The number of imidazole rings is 2. The normalized spacial score (nSPS) is 10.4. The van der Waals surface area contributed by atoms with E-state index in [1.165, 1.54) is 0 Å². The number of hydrogen-bond acceptors (Lipinski definition) is 6.